The van der Waals surface area contributed by atoms with Gasteiger partial charge in [0.15, 0.2) is 6.29 Å². The normalized spacial score (nSPS) is 49.1. The summed E-state index contributed by atoms with van der Waals surface area (Å²) < 4.78 is 11.0. The van der Waals surface area contributed by atoms with Crippen LogP contribution in [0.5, 0.6) is 0 Å². The molecule has 4 unspecified atom stereocenters. The molecule has 0 spiro atoms. The van der Waals surface area contributed by atoms with Crippen LogP contribution in [-0.2, 0) is 14.3 Å². The Morgan fingerprint density at radius 2 is 2.20 bits per heavy atom. The molecular formula is C11H18O4. The lowest BCUT2D eigenvalue weighted by Crippen LogP contribution is -2.54. The predicted octanol–water partition coefficient (Wildman–Crippen LogP) is 1.22. The topological polar surface area (TPSA) is 55.8 Å². The maximum atomic E-state index is 11.1. The second kappa shape index (κ2) is 3.19. The molecule has 4 heteroatoms. The van der Waals surface area contributed by atoms with Crippen molar-refractivity contribution in [2.24, 2.45) is 5.92 Å². The Labute approximate surface area is 89.6 Å². The smallest absolute Gasteiger partial charge is 0.303 e. The van der Waals surface area contributed by atoms with Crippen LogP contribution in [0.1, 0.15) is 40.0 Å². The fourth-order valence-corrected chi connectivity index (χ4v) is 2.80. The first-order valence-electron chi connectivity index (χ1n) is 5.42. The highest BCUT2D eigenvalue weighted by Gasteiger charge is 2.59. The summed E-state index contributed by atoms with van der Waals surface area (Å²) in [6.07, 6.45) is 1.66. The molecule has 1 heterocycles. The zero-order valence-corrected chi connectivity index (χ0v) is 9.45. The van der Waals surface area contributed by atoms with Crippen LogP contribution in [-0.4, -0.2) is 28.6 Å². The first kappa shape index (κ1) is 10.9. The number of fused-ring (bicyclic) bond motifs is 2. The fraction of sp³-hybridized carbons (Fsp3) is 0.909. The zero-order chi connectivity index (χ0) is 11.3. The Kier molecular flexibility index (Phi) is 2.32. The lowest BCUT2D eigenvalue weighted by molar-refractivity contribution is -0.216. The lowest BCUT2D eigenvalue weighted by Gasteiger charge is -2.44. The van der Waals surface area contributed by atoms with Gasteiger partial charge >= 0.3 is 5.97 Å². The van der Waals surface area contributed by atoms with Gasteiger partial charge in [-0.25, -0.2) is 0 Å². The minimum Gasteiger partial charge on any atom is -0.456 e. The maximum absolute atomic E-state index is 11.1. The van der Waals surface area contributed by atoms with Gasteiger partial charge in [-0.05, 0) is 33.1 Å². The van der Waals surface area contributed by atoms with Crippen LogP contribution in [0.3, 0.4) is 0 Å². The van der Waals surface area contributed by atoms with Crippen molar-refractivity contribution in [1.82, 2.24) is 0 Å². The summed E-state index contributed by atoms with van der Waals surface area (Å²) in [5.41, 5.74) is -1.15. The van der Waals surface area contributed by atoms with Crippen LogP contribution in [0.2, 0.25) is 0 Å². The van der Waals surface area contributed by atoms with Gasteiger partial charge in [0.25, 0.3) is 0 Å². The summed E-state index contributed by atoms with van der Waals surface area (Å²) in [7, 11) is 0. The van der Waals surface area contributed by atoms with Crippen molar-refractivity contribution >= 4 is 5.97 Å². The molecule has 0 amide bonds. The van der Waals surface area contributed by atoms with Gasteiger partial charge in [0, 0.05) is 12.8 Å². The number of carbonyl (C=O) groups is 1. The summed E-state index contributed by atoms with van der Waals surface area (Å²) in [5.74, 6) is -0.0965. The summed E-state index contributed by atoms with van der Waals surface area (Å²) in [4.78, 5) is 11.1. The standard InChI is InChI=1S/C11H18O4/c1-7(12)14-10(2)5-4-8-6-11(10,3)15-9(8)13/h8-9,13H,4-6H2,1-3H3. The quantitative estimate of drug-likeness (QED) is 0.667. The number of hydrogen-bond acceptors (Lipinski definition) is 4. The Hall–Kier alpha value is -0.610. The first-order chi connectivity index (χ1) is 6.86. The summed E-state index contributed by atoms with van der Waals surface area (Å²) in [5, 5.41) is 9.67. The van der Waals surface area contributed by atoms with Crippen LogP contribution in [0.25, 0.3) is 0 Å². The number of aliphatic hydroxyl groups is 1. The third-order valence-electron chi connectivity index (χ3n) is 3.92. The van der Waals surface area contributed by atoms with E-state index in [1.807, 2.05) is 13.8 Å². The number of ether oxygens (including phenoxy) is 2. The molecule has 2 aliphatic rings. The van der Waals surface area contributed by atoms with Crippen LogP contribution in [0.4, 0.5) is 0 Å². The van der Waals surface area contributed by atoms with Crippen molar-refractivity contribution in [1.29, 1.82) is 0 Å². The van der Waals surface area contributed by atoms with Gasteiger partial charge in [-0.2, -0.15) is 0 Å². The van der Waals surface area contributed by atoms with E-state index >= 15 is 0 Å². The number of aliphatic hydroxyl groups excluding tert-OH is 1. The van der Waals surface area contributed by atoms with Crippen molar-refractivity contribution in [3.63, 3.8) is 0 Å². The first-order valence-corrected chi connectivity index (χ1v) is 5.42. The second-order valence-corrected chi connectivity index (χ2v) is 5.07. The van der Waals surface area contributed by atoms with E-state index in [1.165, 1.54) is 6.92 Å². The van der Waals surface area contributed by atoms with Crippen molar-refractivity contribution in [3.05, 3.63) is 0 Å². The SMILES string of the molecule is CC(=O)OC1(C)CCC2CC1(C)OC2O. The molecule has 4 atom stereocenters. The molecular weight excluding hydrogens is 196 g/mol. The summed E-state index contributed by atoms with van der Waals surface area (Å²) in [6, 6.07) is 0. The molecule has 1 saturated heterocycles. The van der Waals surface area contributed by atoms with E-state index in [1.54, 1.807) is 0 Å². The fourth-order valence-electron chi connectivity index (χ4n) is 2.80. The molecule has 2 bridgehead atoms. The monoisotopic (exact) mass is 214 g/mol. The number of carbonyl (C=O) groups excluding carboxylic acids is 1. The molecule has 1 aliphatic heterocycles. The Morgan fingerprint density at radius 3 is 2.80 bits per heavy atom. The molecule has 0 aromatic heterocycles. The number of esters is 1. The molecule has 2 fully saturated rings. The molecule has 1 aliphatic carbocycles. The Balaban J connectivity index is 2.23. The molecule has 4 nitrogen and oxygen atoms in total. The lowest BCUT2D eigenvalue weighted by atomic mass is 9.71. The van der Waals surface area contributed by atoms with Gasteiger partial charge in [-0.1, -0.05) is 0 Å². The highest BCUT2D eigenvalue weighted by Crippen LogP contribution is 2.51. The van der Waals surface area contributed by atoms with E-state index in [0.29, 0.717) is 0 Å². The average molecular weight is 214 g/mol. The molecule has 86 valence electrons. The summed E-state index contributed by atoms with van der Waals surface area (Å²) in [6.45, 7) is 5.22. The third kappa shape index (κ3) is 1.56. The minimum absolute atomic E-state index is 0.193. The summed E-state index contributed by atoms with van der Waals surface area (Å²) >= 11 is 0. The Bertz CT molecular complexity index is 286. The number of rotatable bonds is 1. The van der Waals surface area contributed by atoms with E-state index in [9.17, 15) is 9.90 Å². The van der Waals surface area contributed by atoms with E-state index in [-0.39, 0.29) is 11.9 Å². The molecule has 15 heavy (non-hydrogen) atoms. The van der Waals surface area contributed by atoms with E-state index in [0.717, 1.165) is 19.3 Å². The van der Waals surface area contributed by atoms with Crippen LogP contribution < -0.4 is 0 Å². The van der Waals surface area contributed by atoms with E-state index in [2.05, 4.69) is 0 Å². The highest BCUT2D eigenvalue weighted by atomic mass is 16.7. The molecule has 2 rings (SSSR count). The number of hydrogen-bond donors (Lipinski definition) is 1. The van der Waals surface area contributed by atoms with Gasteiger partial charge in [0.1, 0.15) is 11.2 Å². The Morgan fingerprint density at radius 1 is 1.53 bits per heavy atom. The van der Waals surface area contributed by atoms with E-state index < -0.39 is 17.5 Å². The molecule has 1 saturated carbocycles. The molecule has 0 aromatic carbocycles. The maximum Gasteiger partial charge on any atom is 0.303 e. The van der Waals surface area contributed by atoms with Gasteiger partial charge in [0.2, 0.25) is 0 Å². The molecule has 1 N–H and O–H groups in total. The van der Waals surface area contributed by atoms with Crippen molar-refractivity contribution in [2.75, 3.05) is 0 Å². The van der Waals surface area contributed by atoms with Gasteiger partial charge in [-0.3, -0.25) is 4.79 Å². The predicted molar refractivity (Wildman–Crippen MR) is 53.0 cm³/mol. The zero-order valence-electron chi connectivity index (χ0n) is 9.45. The molecule has 0 aromatic rings. The van der Waals surface area contributed by atoms with Crippen molar-refractivity contribution in [3.8, 4) is 0 Å². The van der Waals surface area contributed by atoms with Crippen molar-refractivity contribution in [2.45, 2.75) is 57.5 Å². The van der Waals surface area contributed by atoms with Gasteiger partial charge < -0.3 is 14.6 Å². The second-order valence-electron chi connectivity index (χ2n) is 5.07. The van der Waals surface area contributed by atoms with E-state index in [4.69, 9.17) is 9.47 Å². The largest absolute Gasteiger partial charge is 0.456 e. The average Bonchev–Trinajstić information content (AvgIpc) is 2.34. The third-order valence-corrected chi connectivity index (χ3v) is 3.92. The van der Waals surface area contributed by atoms with Gasteiger partial charge in [0.05, 0.1) is 0 Å². The van der Waals surface area contributed by atoms with Crippen LogP contribution >= 0.6 is 0 Å². The van der Waals surface area contributed by atoms with Crippen LogP contribution in [0.15, 0.2) is 0 Å². The van der Waals surface area contributed by atoms with Gasteiger partial charge in [-0.15, -0.1) is 0 Å². The highest BCUT2D eigenvalue weighted by molar-refractivity contribution is 5.66. The van der Waals surface area contributed by atoms with Crippen LogP contribution in [0, 0.1) is 5.92 Å². The van der Waals surface area contributed by atoms with Crippen molar-refractivity contribution < 1.29 is 19.4 Å². The molecule has 0 radical (unpaired) electrons. The minimum atomic E-state index is -0.701.